The molecule has 0 aromatic heterocycles. The molecule has 5 nitrogen and oxygen atoms in total. The maximum Gasteiger partial charge on any atom is 0.273 e. The predicted molar refractivity (Wildman–Crippen MR) is 59.5 cm³/mol. The minimum Gasteiger partial charge on any atom is -0.291 e. The van der Waals surface area contributed by atoms with Gasteiger partial charge in [0.05, 0.1) is 4.92 Å². The van der Waals surface area contributed by atoms with Crippen LogP contribution in [0, 0.1) is 16.0 Å². The van der Waals surface area contributed by atoms with Crippen LogP contribution in [0.4, 0.5) is 5.69 Å². The standard InChI is InChI=1S/C12H11NO4/c14-11(12(15)8-5-6-8)7-9-3-1-2-4-10(9)13(16)17/h1-4,8H,5-7H2. The van der Waals surface area contributed by atoms with E-state index in [1.165, 1.54) is 18.2 Å². The Balaban J connectivity index is 2.15. The molecule has 0 N–H and O–H groups in total. The van der Waals surface area contributed by atoms with E-state index in [0.717, 1.165) is 12.8 Å². The van der Waals surface area contributed by atoms with Crippen molar-refractivity contribution in [1.82, 2.24) is 0 Å². The monoisotopic (exact) mass is 233 g/mol. The molecular formula is C12H11NO4. The van der Waals surface area contributed by atoms with Gasteiger partial charge >= 0.3 is 0 Å². The average molecular weight is 233 g/mol. The van der Waals surface area contributed by atoms with Gasteiger partial charge in [-0.2, -0.15) is 0 Å². The number of nitrogens with zero attached hydrogens (tertiary/aromatic N) is 1. The largest absolute Gasteiger partial charge is 0.291 e. The Morgan fingerprint density at radius 1 is 1.29 bits per heavy atom. The molecule has 0 saturated heterocycles. The molecule has 1 aliphatic rings. The first kappa shape index (κ1) is 11.4. The molecule has 1 saturated carbocycles. The van der Waals surface area contributed by atoms with Crippen LogP contribution >= 0.6 is 0 Å². The highest BCUT2D eigenvalue weighted by molar-refractivity contribution is 6.39. The van der Waals surface area contributed by atoms with Gasteiger partial charge in [-0.3, -0.25) is 19.7 Å². The number of nitro groups is 1. The number of rotatable bonds is 5. The van der Waals surface area contributed by atoms with Gasteiger partial charge in [-0.05, 0) is 12.8 Å². The summed E-state index contributed by atoms with van der Waals surface area (Å²) < 4.78 is 0. The third kappa shape index (κ3) is 2.55. The minimum absolute atomic E-state index is 0.107. The van der Waals surface area contributed by atoms with Crippen molar-refractivity contribution in [3.8, 4) is 0 Å². The molecule has 88 valence electrons. The highest BCUT2D eigenvalue weighted by Gasteiger charge is 2.34. The lowest BCUT2D eigenvalue weighted by Gasteiger charge is -2.01. The highest BCUT2D eigenvalue weighted by Crippen LogP contribution is 2.30. The Kier molecular flexibility index (Phi) is 2.99. The van der Waals surface area contributed by atoms with Crippen molar-refractivity contribution < 1.29 is 14.5 Å². The molecule has 5 heteroatoms. The number of carbonyl (C=O) groups is 2. The Morgan fingerprint density at radius 3 is 2.53 bits per heavy atom. The molecule has 2 rings (SSSR count). The number of hydrogen-bond acceptors (Lipinski definition) is 4. The second-order valence-electron chi connectivity index (χ2n) is 4.12. The van der Waals surface area contributed by atoms with Gasteiger partial charge < -0.3 is 0 Å². The maximum atomic E-state index is 11.6. The van der Waals surface area contributed by atoms with Crippen molar-refractivity contribution in [2.24, 2.45) is 5.92 Å². The smallest absolute Gasteiger partial charge is 0.273 e. The average Bonchev–Trinajstić information content (AvgIpc) is 3.12. The molecule has 0 atom stereocenters. The summed E-state index contributed by atoms with van der Waals surface area (Å²) in [5.74, 6) is -1.05. The van der Waals surface area contributed by atoms with E-state index in [9.17, 15) is 19.7 Å². The second-order valence-corrected chi connectivity index (χ2v) is 4.12. The number of nitro benzene ring substituents is 1. The molecule has 1 aromatic rings. The second kappa shape index (κ2) is 4.45. The van der Waals surface area contributed by atoms with Crippen LogP contribution in [-0.4, -0.2) is 16.5 Å². The van der Waals surface area contributed by atoms with E-state index in [-0.39, 0.29) is 23.8 Å². The van der Waals surface area contributed by atoms with Gasteiger partial charge in [-0.25, -0.2) is 0 Å². The summed E-state index contributed by atoms with van der Waals surface area (Å²) in [6, 6.07) is 6.01. The molecule has 1 aromatic carbocycles. The minimum atomic E-state index is -0.537. The zero-order valence-electron chi connectivity index (χ0n) is 9.09. The molecule has 0 heterocycles. The Morgan fingerprint density at radius 2 is 1.94 bits per heavy atom. The molecule has 0 spiro atoms. The van der Waals surface area contributed by atoms with Crippen LogP contribution in [0.15, 0.2) is 24.3 Å². The SMILES string of the molecule is O=C(Cc1ccccc1[N+](=O)[O-])C(=O)C1CC1. The lowest BCUT2D eigenvalue weighted by Crippen LogP contribution is -2.18. The lowest BCUT2D eigenvalue weighted by molar-refractivity contribution is -0.385. The summed E-state index contributed by atoms with van der Waals surface area (Å²) in [5, 5.41) is 10.7. The zero-order chi connectivity index (χ0) is 12.4. The van der Waals surface area contributed by atoms with Crippen LogP contribution in [0.3, 0.4) is 0 Å². The molecule has 0 amide bonds. The van der Waals surface area contributed by atoms with Gasteiger partial charge in [0.1, 0.15) is 0 Å². The topological polar surface area (TPSA) is 77.3 Å². The maximum absolute atomic E-state index is 11.6. The van der Waals surface area contributed by atoms with E-state index in [1.807, 2.05) is 0 Å². The van der Waals surface area contributed by atoms with Gasteiger partial charge in [0.2, 0.25) is 11.6 Å². The summed E-state index contributed by atoms with van der Waals surface area (Å²) in [6.45, 7) is 0. The number of hydrogen-bond donors (Lipinski definition) is 0. The quantitative estimate of drug-likeness (QED) is 0.440. The van der Waals surface area contributed by atoms with Crippen LogP contribution < -0.4 is 0 Å². The molecular weight excluding hydrogens is 222 g/mol. The predicted octanol–water partition coefficient (Wildman–Crippen LogP) is 1.69. The van der Waals surface area contributed by atoms with Gasteiger partial charge in [-0.1, -0.05) is 18.2 Å². The Hall–Kier alpha value is -2.04. The molecule has 0 bridgehead atoms. The van der Waals surface area contributed by atoms with Crippen molar-refractivity contribution in [1.29, 1.82) is 0 Å². The fourth-order valence-electron chi connectivity index (χ4n) is 1.67. The van der Waals surface area contributed by atoms with Gasteiger partial charge in [0.25, 0.3) is 5.69 Å². The highest BCUT2D eigenvalue weighted by atomic mass is 16.6. The van der Waals surface area contributed by atoms with Crippen molar-refractivity contribution in [3.05, 3.63) is 39.9 Å². The van der Waals surface area contributed by atoms with Crippen LogP contribution in [-0.2, 0) is 16.0 Å². The molecule has 1 aliphatic carbocycles. The molecule has 0 unspecified atom stereocenters. The molecule has 1 fully saturated rings. The number of carbonyl (C=O) groups excluding carboxylic acids is 2. The summed E-state index contributed by atoms with van der Waals surface area (Å²) in [6.07, 6.45) is 1.36. The van der Waals surface area contributed by atoms with Gasteiger partial charge in [-0.15, -0.1) is 0 Å². The van der Waals surface area contributed by atoms with Crippen LogP contribution in [0.25, 0.3) is 0 Å². The first-order valence-electron chi connectivity index (χ1n) is 5.39. The zero-order valence-corrected chi connectivity index (χ0v) is 9.09. The molecule has 0 radical (unpaired) electrons. The van der Waals surface area contributed by atoms with Crippen LogP contribution in [0.2, 0.25) is 0 Å². The van der Waals surface area contributed by atoms with E-state index in [2.05, 4.69) is 0 Å². The number of benzene rings is 1. The summed E-state index contributed by atoms with van der Waals surface area (Å²) in [5.41, 5.74) is 0.195. The van der Waals surface area contributed by atoms with E-state index < -0.39 is 10.7 Å². The Bertz CT molecular complexity index is 491. The summed E-state index contributed by atoms with van der Waals surface area (Å²) in [7, 11) is 0. The molecule has 0 aliphatic heterocycles. The fourth-order valence-corrected chi connectivity index (χ4v) is 1.67. The van der Waals surface area contributed by atoms with E-state index in [4.69, 9.17) is 0 Å². The Labute approximate surface area is 97.6 Å². The van der Waals surface area contributed by atoms with Crippen LogP contribution in [0.1, 0.15) is 18.4 Å². The summed E-state index contributed by atoms with van der Waals surface area (Å²) in [4.78, 5) is 33.3. The summed E-state index contributed by atoms with van der Waals surface area (Å²) >= 11 is 0. The van der Waals surface area contributed by atoms with Crippen molar-refractivity contribution in [2.75, 3.05) is 0 Å². The number of para-hydroxylation sites is 1. The number of Topliss-reactive ketones (excluding diaryl/α,β-unsaturated/α-hetero) is 2. The fraction of sp³-hybridized carbons (Fsp3) is 0.333. The van der Waals surface area contributed by atoms with Crippen molar-refractivity contribution >= 4 is 17.3 Å². The first-order valence-corrected chi connectivity index (χ1v) is 5.39. The normalized spacial score (nSPS) is 14.4. The van der Waals surface area contributed by atoms with Crippen LogP contribution in [0.5, 0.6) is 0 Å². The van der Waals surface area contributed by atoms with E-state index in [1.54, 1.807) is 6.07 Å². The van der Waals surface area contributed by atoms with Crippen molar-refractivity contribution in [2.45, 2.75) is 19.3 Å². The van der Waals surface area contributed by atoms with Gasteiger partial charge in [0.15, 0.2) is 0 Å². The molecule has 17 heavy (non-hydrogen) atoms. The first-order chi connectivity index (χ1) is 8.09. The number of ketones is 2. The van der Waals surface area contributed by atoms with Crippen molar-refractivity contribution in [3.63, 3.8) is 0 Å². The van der Waals surface area contributed by atoms with E-state index in [0.29, 0.717) is 5.56 Å². The third-order valence-corrected chi connectivity index (χ3v) is 2.76. The third-order valence-electron chi connectivity index (χ3n) is 2.76. The van der Waals surface area contributed by atoms with E-state index >= 15 is 0 Å². The lowest BCUT2D eigenvalue weighted by atomic mass is 10.0. The van der Waals surface area contributed by atoms with Gasteiger partial charge in [0, 0.05) is 24.0 Å².